The van der Waals surface area contributed by atoms with E-state index in [1.807, 2.05) is 0 Å². The predicted octanol–water partition coefficient (Wildman–Crippen LogP) is 5.98. The second-order valence-electron chi connectivity index (χ2n) is 7.27. The van der Waals surface area contributed by atoms with Crippen molar-refractivity contribution in [1.82, 2.24) is 4.98 Å². The summed E-state index contributed by atoms with van der Waals surface area (Å²) in [6.07, 6.45) is 1.53. The first-order valence-electron chi connectivity index (χ1n) is 9.41. The number of alkyl halides is 1. The van der Waals surface area contributed by atoms with Crippen LogP contribution in [0.25, 0.3) is 11.1 Å². The zero-order valence-electron chi connectivity index (χ0n) is 15.8. The van der Waals surface area contributed by atoms with Crippen LogP contribution in [0.15, 0.2) is 30.5 Å². The molecule has 1 fully saturated rings. The van der Waals surface area contributed by atoms with Crippen molar-refractivity contribution in [1.29, 1.82) is 0 Å². The molecule has 1 N–H and O–H groups in total. The molecule has 0 aliphatic heterocycles. The molecule has 150 valence electrons. The average Bonchev–Trinajstić information content (AvgIpc) is 2.64. The summed E-state index contributed by atoms with van der Waals surface area (Å²) in [7, 11) is 0. The maximum Gasteiger partial charge on any atom is 0.411 e. The maximum atomic E-state index is 14.4. The van der Waals surface area contributed by atoms with Crippen molar-refractivity contribution >= 4 is 11.8 Å². The number of aromatic nitrogens is 1. The first-order chi connectivity index (χ1) is 13.3. The number of amides is 1. The van der Waals surface area contributed by atoms with E-state index in [4.69, 9.17) is 4.74 Å². The molecule has 0 radical (unpaired) electrons. The van der Waals surface area contributed by atoms with Gasteiger partial charge < -0.3 is 4.74 Å². The summed E-state index contributed by atoms with van der Waals surface area (Å²) in [4.78, 5) is 16.6. The first kappa shape index (κ1) is 20.2. The minimum atomic E-state index is -0.845. The molecule has 1 aliphatic carbocycles. The summed E-state index contributed by atoms with van der Waals surface area (Å²) in [6, 6.07) is 4.66. The zero-order valence-corrected chi connectivity index (χ0v) is 15.8. The lowest BCUT2D eigenvalue weighted by Gasteiger charge is -2.26. The minimum absolute atomic E-state index is 0.0164. The Morgan fingerprint density at radius 2 is 1.86 bits per heavy atom. The number of carbonyl (C=O) groups excluding carboxylic acids is 1. The van der Waals surface area contributed by atoms with Crippen molar-refractivity contribution in [3.05, 3.63) is 47.8 Å². The molecule has 7 heteroatoms. The molecule has 1 heterocycles. The van der Waals surface area contributed by atoms with E-state index < -0.39 is 23.9 Å². The molecular weight excluding hydrogens is 369 g/mol. The molecule has 0 saturated heterocycles. The standard InChI is InChI=1S/C21H23F3N2O2/c1-12(2)28-21(27)26-20-16(17-11-15(23)7-8-18(17)24)9-10-25-19(20)13-3-5-14(22)6-4-13/h7-14H,3-6H2,1-2H3,(H,26,27). The van der Waals surface area contributed by atoms with E-state index in [2.05, 4.69) is 10.3 Å². The summed E-state index contributed by atoms with van der Waals surface area (Å²) in [6.45, 7) is 3.42. The molecule has 0 atom stereocenters. The normalized spacial score (nSPS) is 19.5. The number of hydrogen-bond acceptors (Lipinski definition) is 3. The van der Waals surface area contributed by atoms with Gasteiger partial charge in [0.2, 0.25) is 0 Å². The van der Waals surface area contributed by atoms with E-state index in [0.29, 0.717) is 36.9 Å². The molecule has 1 saturated carbocycles. The van der Waals surface area contributed by atoms with Crippen LogP contribution in [0.5, 0.6) is 0 Å². The van der Waals surface area contributed by atoms with Gasteiger partial charge in [-0.25, -0.2) is 18.0 Å². The second-order valence-corrected chi connectivity index (χ2v) is 7.27. The van der Waals surface area contributed by atoms with Gasteiger partial charge >= 0.3 is 6.09 Å². The number of nitrogens with zero attached hydrogens (tertiary/aromatic N) is 1. The van der Waals surface area contributed by atoms with Crippen LogP contribution in [0.1, 0.15) is 51.1 Å². The van der Waals surface area contributed by atoms with Crippen LogP contribution in [0, 0.1) is 11.6 Å². The van der Waals surface area contributed by atoms with Crippen molar-refractivity contribution in [2.75, 3.05) is 5.32 Å². The molecule has 1 aromatic heterocycles. The number of benzene rings is 1. The highest BCUT2D eigenvalue weighted by Crippen LogP contribution is 2.41. The van der Waals surface area contributed by atoms with Gasteiger partial charge in [-0.2, -0.15) is 0 Å². The van der Waals surface area contributed by atoms with E-state index in [-0.39, 0.29) is 23.3 Å². The topological polar surface area (TPSA) is 51.2 Å². The Labute approximate surface area is 162 Å². The first-order valence-corrected chi connectivity index (χ1v) is 9.41. The van der Waals surface area contributed by atoms with Gasteiger partial charge in [-0.05, 0) is 63.8 Å². The van der Waals surface area contributed by atoms with E-state index in [1.54, 1.807) is 13.8 Å². The van der Waals surface area contributed by atoms with Gasteiger partial charge in [-0.3, -0.25) is 10.3 Å². The Morgan fingerprint density at radius 1 is 1.14 bits per heavy atom. The molecule has 1 aliphatic rings. The summed E-state index contributed by atoms with van der Waals surface area (Å²) in [5.74, 6) is -1.30. The maximum absolute atomic E-state index is 14.4. The fourth-order valence-corrected chi connectivity index (χ4v) is 3.52. The zero-order chi connectivity index (χ0) is 20.3. The lowest BCUT2D eigenvalue weighted by Crippen LogP contribution is -2.22. The highest BCUT2D eigenvalue weighted by atomic mass is 19.1. The fraction of sp³-hybridized carbons (Fsp3) is 0.429. The lowest BCUT2D eigenvalue weighted by atomic mass is 9.84. The van der Waals surface area contributed by atoms with Crippen molar-refractivity contribution in [2.45, 2.75) is 57.7 Å². The van der Waals surface area contributed by atoms with Gasteiger partial charge in [-0.15, -0.1) is 0 Å². The third-order valence-corrected chi connectivity index (χ3v) is 4.81. The molecule has 0 unspecified atom stereocenters. The fourth-order valence-electron chi connectivity index (χ4n) is 3.52. The molecule has 1 amide bonds. The third-order valence-electron chi connectivity index (χ3n) is 4.81. The number of rotatable bonds is 4. The molecule has 28 heavy (non-hydrogen) atoms. The molecule has 1 aromatic carbocycles. The number of anilines is 1. The number of halogens is 3. The second kappa shape index (κ2) is 8.63. The predicted molar refractivity (Wildman–Crippen MR) is 101 cm³/mol. The van der Waals surface area contributed by atoms with Gasteiger partial charge in [0.1, 0.15) is 17.8 Å². The lowest BCUT2D eigenvalue weighted by molar-refractivity contribution is 0.130. The molecule has 3 rings (SSSR count). The third kappa shape index (κ3) is 4.64. The summed E-state index contributed by atoms with van der Waals surface area (Å²) in [5, 5.41) is 2.66. The van der Waals surface area contributed by atoms with Gasteiger partial charge in [0.05, 0.1) is 17.5 Å². The van der Waals surface area contributed by atoms with E-state index in [9.17, 15) is 18.0 Å². The van der Waals surface area contributed by atoms with Crippen LogP contribution in [-0.4, -0.2) is 23.4 Å². The van der Waals surface area contributed by atoms with Crippen LogP contribution in [-0.2, 0) is 4.74 Å². The largest absolute Gasteiger partial charge is 0.447 e. The molecular formula is C21H23F3N2O2. The minimum Gasteiger partial charge on any atom is -0.447 e. The van der Waals surface area contributed by atoms with Crippen LogP contribution in [0.4, 0.5) is 23.7 Å². The Bertz CT molecular complexity index is 850. The van der Waals surface area contributed by atoms with Crippen LogP contribution in [0.2, 0.25) is 0 Å². The van der Waals surface area contributed by atoms with Crippen molar-refractivity contribution in [3.8, 4) is 11.1 Å². The average molecular weight is 392 g/mol. The summed E-state index contributed by atoms with van der Waals surface area (Å²) < 4.78 is 46.9. The van der Waals surface area contributed by atoms with Gasteiger partial charge in [0.25, 0.3) is 0 Å². The number of hydrogen-bond donors (Lipinski definition) is 1. The Hall–Kier alpha value is -2.57. The van der Waals surface area contributed by atoms with Crippen molar-refractivity contribution in [3.63, 3.8) is 0 Å². The van der Waals surface area contributed by atoms with E-state index >= 15 is 0 Å². The van der Waals surface area contributed by atoms with E-state index in [1.165, 1.54) is 12.3 Å². The van der Waals surface area contributed by atoms with Crippen molar-refractivity contribution < 1.29 is 22.7 Å². The highest BCUT2D eigenvalue weighted by molar-refractivity contribution is 5.92. The van der Waals surface area contributed by atoms with Crippen LogP contribution in [0.3, 0.4) is 0 Å². The molecule has 0 bridgehead atoms. The Kier molecular flexibility index (Phi) is 6.21. The molecule has 4 nitrogen and oxygen atoms in total. The molecule has 2 aromatic rings. The summed E-state index contributed by atoms with van der Waals surface area (Å²) in [5.41, 5.74) is 1.14. The summed E-state index contributed by atoms with van der Waals surface area (Å²) >= 11 is 0. The Morgan fingerprint density at radius 3 is 2.54 bits per heavy atom. The number of carbonyl (C=O) groups is 1. The van der Waals surface area contributed by atoms with Gasteiger partial charge in [0, 0.05) is 23.2 Å². The van der Waals surface area contributed by atoms with Gasteiger partial charge in [-0.1, -0.05) is 0 Å². The van der Waals surface area contributed by atoms with Crippen molar-refractivity contribution in [2.24, 2.45) is 0 Å². The Balaban J connectivity index is 2.07. The number of ether oxygens (including phenoxy) is 1. The smallest absolute Gasteiger partial charge is 0.411 e. The SMILES string of the molecule is CC(C)OC(=O)Nc1c(-c2cc(F)ccc2F)ccnc1C1CCC(F)CC1. The quantitative estimate of drug-likeness (QED) is 0.696. The number of nitrogens with one attached hydrogen (secondary N) is 1. The van der Waals surface area contributed by atoms with Crippen LogP contribution < -0.4 is 5.32 Å². The highest BCUT2D eigenvalue weighted by Gasteiger charge is 2.27. The van der Waals surface area contributed by atoms with Gasteiger partial charge in [0.15, 0.2) is 0 Å². The monoisotopic (exact) mass is 392 g/mol. The van der Waals surface area contributed by atoms with E-state index in [0.717, 1.165) is 18.2 Å². The number of pyridine rings is 1. The van der Waals surface area contributed by atoms with Crippen LogP contribution >= 0.6 is 0 Å². The molecule has 0 spiro atoms.